The Morgan fingerprint density at radius 2 is 1.77 bits per heavy atom. The third-order valence-electron chi connectivity index (χ3n) is 4.76. The molecule has 0 bridgehead atoms. The molecule has 2 aromatic carbocycles. The lowest BCUT2D eigenvalue weighted by atomic mass is 10.1. The lowest BCUT2D eigenvalue weighted by Crippen LogP contribution is -2.15. The molecule has 0 radical (unpaired) electrons. The summed E-state index contributed by atoms with van der Waals surface area (Å²) in [6.07, 6.45) is 0. The van der Waals surface area contributed by atoms with Crippen LogP contribution in [0.5, 0.6) is 11.5 Å². The molecular formula is C23H28N4O3S. The van der Waals surface area contributed by atoms with Crippen molar-refractivity contribution in [2.45, 2.75) is 46.0 Å². The van der Waals surface area contributed by atoms with E-state index in [4.69, 9.17) is 9.47 Å². The Balaban J connectivity index is 1.61. The summed E-state index contributed by atoms with van der Waals surface area (Å²) in [7, 11) is 1.58. The molecule has 0 saturated heterocycles. The number of amides is 1. The summed E-state index contributed by atoms with van der Waals surface area (Å²) >= 11 is 1.35. The minimum Gasteiger partial charge on any atom is -0.495 e. The van der Waals surface area contributed by atoms with Gasteiger partial charge in [0.05, 0.1) is 18.6 Å². The molecule has 3 rings (SSSR count). The summed E-state index contributed by atoms with van der Waals surface area (Å²) in [5, 5.41) is 12.1. The van der Waals surface area contributed by atoms with Crippen LogP contribution in [0, 0.1) is 20.8 Å². The van der Waals surface area contributed by atoms with E-state index < -0.39 is 0 Å². The molecular weight excluding hydrogens is 412 g/mol. The van der Waals surface area contributed by atoms with E-state index in [1.54, 1.807) is 7.11 Å². The molecule has 0 spiro atoms. The van der Waals surface area contributed by atoms with Crippen LogP contribution in [0.3, 0.4) is 0 Å². The second-order valence-electron chi connectivity index (χ2n) is 7.24. The summed E-state index contributed by atoms with van der Waals surface area (Å²) in [6.45, 7) is 9.07. The first-order valence-corrected chi connectivity index (χ1v) is 11.1. The molecule has 0 aliphatic carbocycles. The number of hydrogen-bond donors (Lipinski definition) is 1. The van der Waals surface area contributed by atoms with Gasteiger partial charge in [-0.25, -0.2) is 0 Å². The van der Waals surface area contributed by atoms with Gasteiger partial charge in [-0.3, -0.25) is 4.79 Å². The highest BCUT2D eigenvalue weighted by molar-refractivity contribution is 7.99. The van der Waals surface area contributed by atoms with Crippen molar-refractivity contribution in [2.24, 2.45) is 0 Å². The number of hydrogen-bond acceptors (Lipinski definition) is 6. The minimum atomic E-state index is -0.132. The van der Waals surface area contributed by atoms with Gasteiger partial charge in [0.2, 0.25) is 5.91 Å². The molecule has 7 nitrogen and oxygen atoms in total. The van der Waals surface area contributed by atoms with E-state index in [0.29, 0.717) is 29.7 Å². The molecule has 164 valence electrons. The first-order valence-electron chi connectivity index (χ1n) is 10.1. The maximum Gasteiger partial charge on any atom is 0.234 e. The van der Waals surface area contributed by atoms with Crippen molar-refractivity contribution in [3.05, 3.63) is 58.9 Å². The normalized spacial score (nSPS) is 10.7. The van der Waals surface area contributed by atoms with E-state index in [0.717, 1.165) is 22.7 Å². The number of carbonyl (C=O) groups excluding carboxylic acids is 1. The number of ether oxygens (including phenoxy) is 2. The number of rotatable bonds is 9. The first-order chi connectivity index (χ1) is 14.9. The van der Waals surface area contributed by atoms with Gasteiger partial charge in [0.15, 0.2) is 11.0 Å². The average Bonchev–Trinajstić information content (AvgIpc) is 3.13. The Hall–Kier alpha value is -3.00. The van der Waals surface area contributed by atoms with E-state index in [9.17, 15) is 4.79 Å². The van der Waals surface area contributed by atoms with Gasteiger partial charge in [-0.2, -0.15) is 0 Å². The highest BCUT2D eigenvalue weighted by Gasteiger charge is 2.15. The second-order valence-corrected chi connectivity index (χ2v) is 8.18. The molecule has 0 fully saturated rings. The van der Waals surface area contributed by atoms with Crippen molar-refractivity contribution in [2.75, 3.05) is 18.2 Å². The largest absolute Gasteiger partial charge is 0.495 e. The number of nitrogens with zero attached hydrogens (tertiary/aromatic N) is 3. The maximum atomic E-state index is 12.5. The molecule has 31 heavy (non-hydrogen) atoms. The number of thioether (sulfide) groups is 1. The summed E-state index contributed by atoms with van der Waals surface area (Å²) in [4.78, 5) is 12.5. The monoisotopic (exact) mass is 440 g/mol. The zero-order valence-corrected chi connectivity index (χ0v) is 19.4. The van der Waals surface area contributed by atoms with Crippen molar-refractivity contribution in [3.8, 4) is 11.5 Å². The summed E-state index contributed by atoms with van der Waals surface area (Å²) < 4.78 is 13.2. The Morgan fingerprint density at radius 3 is 2.45 bits per heavy atom. The molecule has 1 amide bonds. The van der Waals surface area contributed by atoms with Crippen molar-refractivity contribution in [1.29, 1.82) is 0 Å². The van der Waals surface area contributed by atoms with Crippen molar-refractivity contribution in [3.63, 3.8) is 0 Å². The van der Waals surface area contributed by atoms with Gasteiger partial charge < -0.3 is 19.4 Å². The summed E-state index contributed by atoms with van der Waals surface area (Å²) in [5.41, 5.74) is 3.98. The van der Waals surface area contributed by atoms with Gasteiger partial charge >= 0.3 is 0 Å². The predicted molar refractivity (Wildman–Crippen MR) is 123 cm³/mol. The smallest absolute Gasteiger partial charge is 0.234 e. The van der Waals surface area contributed by atoms with Crippen LogP contribution >= 0.6 is 11.8 Å². The number of nitrogens with one attached hydrogen (secondary N) is 1. The van der Waals surface area contributed by atoms with Crippen molar-refractivity contribution in [1.82, 2.24) is 14.8 Å². The second kappa shape index (κ2) is 10.3. The number of carbonyl (C=O) groups is 1. The number of aryl methyl sites for hydroxylation is 3. The summed E-state index contributed by atoms with van der Waals surface area (Å²) in [6, 6.07) is 11.7. The van der Waals surface area contributed by atoms with Crippen LogP contribution in [-0.2, 0) is 17.9 Å². The van der Waals surface area contributed by atoms with Crippen molar-refractivity contribution >= 4 is 23.4 Å². The van der Waals surface area contributed by atoms with E-state index >= 15 is 0 Å². The lowest BCUT2D eigenvalue weighted by molar-refractivity contribution is -0.113. The fraction of sp³-hybridized carbons (Fsp3) is 0.348. The van der Waals surface area contributed by atoms with Crippen LogP contribution < -0.4 is 14.8 Å². The lowest BCUT2D eigenvalue weighted by Gasteiger charge is -2.12. The maximum absolute atomic E-state index is 12.5. The zero-order chi connectivity index (χ0) is 22.4. The molecule has 0 aliphatic heterocycles. The van der Waals surface area contributed by atoms with Crippen LogP contribution in [0.15, 0.2) is 41.6 Å². The SMILES string of the molecule is CCn1c(COc2ccc(C)cc2C)nnc1SCC(=O)Nc1cc(C)ccc1OC. The number of aromatic nitrogens is 3. The topological polar surface area (TPSA) is 78.3 Å². The molecule has 1 heterocycles. The molecule has 0 atom stereocenters. The first kappa shape index (κ1) is 22.7. The molecule has 1 aromatic heterocycles. The Kier molecular flexibility index (Phi) is 7.57. The molecule has 3 aromatic rings. The zero-order valence-electron chi connectivity index (χ0n) is 18.6. The molecule has 1 N–H and O–H groups in total. The van der Waals surface area contributed by atoms with E-state index in [2.05, 4.69) is 28.5 Å². The van der Waals surface area contributed by atoms with Gasteiger partial charge in [0.1, 0.15) is 18.1 Å². The van der Waals surface area contributed by atoms with Crippen molar-refractivity contribution < 1.29 is 14.3 Å². The number of benzene rings is 2. The molecule has 8 heteroatoms. The van der Waals surface area contributed by atoms with E-state index in [-0.39, 0.29) is 11.7 Å². The fourth-order valence-electron chi connectivity index (χ4n) is 3.19. The van der Waals surface area contributed by atoms with Gasteiger partial charge in [-0.1, -0.05) is 35.5 Å². The van der Waals surface area contributed by atoms with Crippen LogP contribution in [-0.4, -0.2) is 33.5 Å². The molecule has 0 saturated carbocycles. The molecule has 0 unspecified atom stereocenters. The predicted octanol–water partition coefficient (Wildman–Crippen LogP) is 4.54. The van der Waals surface area contributed by atoms with Crippen LogP contribution in [0.2, 0.25) is 0 Å². The van der Waals surface area contributed by atoms with Gasteiger partial charge in [0, 0.05) is 6.54 Å². The third kappa shape index (κ3) is 5.79. The van der Waals surface area contributed by atoms with Crippen LogP contribution in [0.25, 0.3) is 0 Å². The highest BCUT2D eigenvalue weighted by Crippen LogP contribution is 2.26. The Morgan fingerprint density at radius 1 is 1.06 bits per heavy atom. The minimum absolute atomic E-state index is 0.132. The third-order valence-corrected chi connectivity index (χ3v) is 5.73. The van der Waals surface area contributed by atoms with Gasteiger partial charge in [-0.15, -0.1) is 10.2 Å². The fourth-order valence-corrected chi connectivity index (χ4v) is 4.01. The number of anilines is 1. The van der Waals surface area contributed by atoms with E-state index in [1.165, 1.54) is 17.3 Å². The van der Waals surface area contributed by atoms with Crippen LogP contribution in [0.4, 0.5) is 5.69 Å². The standard InChI is InChI=1S/C23H28N4O3S/c1-6-27-21(13-30-19-9-7-15(2)11-17(19)4)25-26-23(27)31-14-22(28)24-18-12-16(3)8-10-20(18)29-5/h7-12H,6,13-14H2,1-5H3,(H,24,28). The van der Waals surface area contributed by atoms with Gasteiger partial charge in [-0.05, 0) is 57.0 Å². The average molecular weight is 441 g/mol. The summed E-state index contributed by atoms with van der Waals surface area (Å²) in [5.74, 6) is 2.27. The van der Waals surface area contributed by atoms with Crippen LogP contribution in [0.1, 0.15) is 29.4 Å². The number of methoxy groups -OCH3 is 1. The highest BCUT2D eigenvalue weighted by atomic mass is 32.2. The molecule has 0 aliphatic rings. The Bertz CT molecular complexity index is 1060. The quantitative estimate of drug-likeness (QED) is 0.492. The Labute approximate surface area is 187 Å². The van der Waals surface area contributed by atoms with E-state index in [1.807, 2.05) is 55.7 Å². The van der Waals surface area contributed by atoms with Gasteiger partial charge in [0.25, 0.3) is 0 Å².